The van der Waals surface area contributed by atoms with E-state index < -0.39 is 21.2 Å². The summed E-state index contributed by atoms with van der Waals surface area (Å²) in [7, 11) is 1.56. The molecule has 19 heavy (non-hydrogen) atoms. The van der Waals surface area contributed by atoms with Gasteiger partial charge in [-0.25, -0.2) is 4.39 Å². The topological polar surface area (TPSA) is 44.6 Å². The molecule has 0 aliphatic carbocycles. The fourth-order valence-electron chi connectivity index (χ4n) is 1.21. The van der Waals surface area contributed by atoms with Gasteiger partial charge in [0.1, 0.15) is 27.6 Å². The molecule has 0 aliphatic rings. The van der Waals surface area contributed by atoms with Crippen molar-refractivity contribution in [1.29, 1.82) is 0 Å². The highest BCUT2D eigenvalue weighted by Crippen LogP contribution is 2.22. The van der Waals surface area contributed by atoms with E-state index in [1.54, 1.807) is 52.1 Å². The Kier molecular flexibility index (Phi) is 5.82. The van der Waals surface area contributed by atoms with Crippen LogP contribution in [0.5, 0.6) is 5.75 Å². The van der Waals surface area contributed by atoms with Crippen LogP contribution in [-0.2, 0) is 11.4 Å². The first-order valence-corrected chi connectivity index (χ1v) is 7.71. The van der Waals surface area contributed by atoms with Gasteiger partial charge in [0, 0.05) is 5.56 Å². The van der Waals surface area contributed by atoms with E-state index in [9.17, 15) is 8.94 Å². The summed E-state index contributed by atoms with van der Waals surface area (Å²) in [6.07, 6.45) is 0. The van der Waals surface area contributed by atoms with E-state index in [1.807, 2.05) is 0 Å². The molecule has 0 saturated carbocycles. The molecule has 0 aliphatic heterocycles. The van der Waals surface area contributed by atoms with Crippen LogP contribution < -0.4 is 4.74 Å². The van der Waals surface area contributed by atoms with Gasteiger partial charge < -0.3 is 9.29 Å². The van der Waals surface area contributed by atoms with Crippen LogP contribution in [0.1, 0.15) is 26.3 Å². The van der Waals surface area contributed by atoms with Gasteiger partial charge in [0.25, 0.3) is 0 Å². The van der Waals surface area contributed by atoms with E-state index in [2.05, 4.69) is 20.3 Å². The standard InChI is InChI=1S/C13H17BrFNO2S/c1-13(2,3)19(17)16-11(12(14)15)9-5-7-10(18-4)8-6-9/h5-8,12H,1-4H3/b16-11+/t12-,19+/m1/s1. The van der Waals surface area contributed by atoms with Gasteiger partial charge in [-0.3, -0.25) is 0 Å². The Morgan fingerprint density at radius 2 is 1.89 bits per heavy atom. The summed E-state index contributed by atoms with van der Waals surface area (Å²) in [5.74, 6) is 0.671. The van der Waals surface area contributed by atoms with Crippen molar-refractivity contribution in [2.45, 2.75) is 30.6 Å². The predicted molar refractivity (Wildman–Crippen MR) is 81.2 cm³/mol. The summed E-state index contributed by atoms with van der Waals surface area (Å²) in [5, 5.41) is -1.47. The Morgan fingerprint density at radius 1 is 1.37 bits per heavy atom. The van der Waals surface area contributed by atoms with Gasteiger partial charge in [-0.2, -0.15) is 0 Å². The first-order valence-electron chi connectivity index (χ1n) is 5.69. The van der Waals surface area contributed by atoms with Crippen LogP contribution >= 0.6 is 15.9 Å². The molecule has 6 heteroatoms. The lowest BCUT2D eigenvalue weighted by atomic mass is 10.1. The molecule has 0 unspecified atom stereocenters. The van der Waals surface area contributed by atoms with Crippen molar-refractivity contribution < 1.29 is 13.7 Å². The van der Waals surface area contributed by atoms with E-state index in [0.29, 0.717) is 11.3 Å². The number of hydrogen-bond donors (Lipinski definition) is 0. The van der Waals surface area contributed by atoms with Crippen LogP contribution in [0.2, 0.25) is 0 Å². The Labute approximate surface area is 124 Å². The van der Waals surface area contributed by atoms with Gasteiger partial charge in [0.2, 0.25) is 5.08 Å². The second kappa shape index (κ2) is 6.72. The number of benzene rings is 1. The molecule has 0 aromatic heterocycles. The minimum atomic E-state index is -1.51. The van der Waals surface area contributed by atoms with Gasteiger partial charge in [-0.05, 0) is 61.0 Å². The van der Waals surface area contributed by atoms with Gasteiger partial charge in [-0.15, -0.1) is 0 Å². The zero-order valence-corrected chi connectivity index (χ0v) is 13.7. The number of rotatable bonds is 4. The zero-order chi connectivity index (χ0) is 14.6. The highest BCUT2D eigenvalue weighted by molar-refractivity contribution is 9.09. The Hall–Kier alpha value is -0.590. The third-order valence-corrected chi connectivity index (χ3v) is 4.14. The van der Waals surface area contributed by atoms with Crippen molar-refractivity contribution in [1.82, 2.24) is 0 Å². The monoisotopic (exact) mass is 349 g/mol. The molecule has 0 bridgehead atoms. The van der Waals surface area contributed by atoms with Gasteiger partial charge in [-0.1, -0.05) is 4.40 Å². The van der Waals surface area contributed by atoms with Gasteiger partial charge >= 0.3 is 0 Å². The number of methoxy groups -OCH3 is 1. The second-order valence-electron chi connectivity index (χ2n) is 4.87. The molecule has 0 saturated heterocycles. The highest BCUT2D eigenvalue weighted by atomic mass is 79.9. The molecule has 0 heterocycles. The van der Waals surface area contributed by atoms with Gasteiger partial charge in [0.05, 0.1) is 7.11 Å². The number of ether oxygens (including phenoxy) is 1. The van der Waals surface area contributed by atoms with Crippen molar-refractivity contribution in [3.8, 4) is 5.75 Å². The van der Waals surface area contributed by atoms with Crippen molar-refractivity contribution in [2.75, 3.05) is 7.11 Å². The smallest absolute Gasteiger partial charge is 0.201 e. The summed E-state index contributed by atoms with van der Waals surface area (Å²) in [5.41, 5.74) is 0.693. The average molecular weight is 350 g/mol. The highest BCUT2D eigenvalue weighted by Gasteiger charge is 2.29. The molecule has 0 amide bonds. The Bertz CT molecular complexity index is 443. The molecule has 2 atom stereocenters. The molecular weight excluding hydrogens is 333 g/mol. The fraction of sp³-hybridized carbons (Fsp3) is 0.462. The van der Waals surface area contributed by atoms with Crippen LogP contribution in [-0.4, -0.2) is 27.2 Å². The summed E-state index contributed by atoms with van der Waals surface area (Å²) in [6.45, 7) is 5.37. The second-order valence-corrected chi connectivity index (χ2v) is 7.58. The van der Waals surface area contributed by atoms with Gasteiger partial charge in [0.15, 0.2) is 0 Å². The minimum Gasteiger partial charge on any atom is -0.591 e. The normalized spacial score (nSPS) is 16.1. The zero-order valence-electron chi connectivity index (χ0n) is 11.3. The summed E-state index contributed by atoms with van der Waals surface area (Å²) in [4.78, 5) is 0. The molecule has 3 nitrogen and oxygen atoms in total. The molecule has 1 rings (SSSR count). The number of nitrogens with zero attached hydrogens (tertiary/aromatic N) is 1. The van der Waals surface area contributed by atoms with E-state index in [-0.39, 0.29) is 5.71 Å². The number of alkyl halides is 2. The lowest BCUT2D eigenvalue weighted by molar-refractivity contribution is 0.415. The molecule has 0 N–H and O–H groups in total. The lowest BCUT2D eigenvalue weighted by Crippen LogP contribution is -2.28. The number of halogens is 2. The largest absolute Gasteiger partial charge is 0.591 e. The van der Waals surface area contributed by atoms with Crippen molar-refractivity contribution in [3.63, 3.8) is 0 Å². The maximum absolute atomic E-state index is 13.6. The third kappa shape index (κ3) is 4.78. The van der Waals surface area contributed by atoms with E-state index in [4.69, 9.17) is 4.74 Å². The fourth-order valence-corrected chi connectivity index (χ4v) is 2.36. The number of hydrogen-bond acceptors (Lipinski definition) is 3. The van der Waals surface area contributed by atoms with E-state index >= 15 is 0 Å². The van der Waals surface area contributed by atoms with Crippen LogP contribution in [0.4, 0.5) is 4.39 Å². The first-order chi connectivity index (χ1) is 8.75. The van der Waals surface area contributed by atoms with Crippen molar-refractivity contribution >= 4 is 33.0 Å². The van der Waals surface area contributed by atoms with E-state index in [1.165, 1.54) is 0 Å². The van der Waals surface area contributed by atoms with Crippen LogP contribution in [0, 0.1) is 0 Å². The molecule has 0 fully saturated rings. The maximum Gasteiger partial charge on any atom is 0.201 e. The maximum atomic E-state index is 13.6. The molecule has 1 aromatic rings. The molecular formula is C13H17BrFNO2S. The first kappa shape index (κ1) is 16.5. The van der Waals surface area contributed by atoms with Crippen LogP contribution in [0.15, 0.2) is 28.7 Å². The summed E-state index contributed by atoms with van der Waals surface area (Å²) >= 11 is 1.34. The van der Waals surface area contributed by atoms with Crippen molar-refractivity contribution in [2.24, 2.45) is 4.40 Å². The Morgan fingerprint density at radius 3 is 2.26 bits per heavy atom. The average Bonchev–Trinajstić information content (AvgIpc) is 2.34. The minimum absolute atomic E-state index is 0.121. The molecule has 0 radical (unpaired) electrons. The third-order valence-electron chi connectivity index (χ3n) is 2.30. The lowest BCUT2D eigenvalue weighted by Gasteiger charge is -2.19. The van der Waals surface area contributed by atoms with Crippen LogP contribution in [0.3, 0.4) is 0 Å². The SMILES string of the molecule is COc1ccc(/C(=N\[S@@+]([O-])C(C)(C)C)[C@@H](F)Br)cc1. The summed E-state index contributed by atoms with van der Waals surface area (Å²) < 4.78 is 34.1. The summed E-state index contributed by atoms with van der Waals surface area (Å²) in [6, 6.07) is 6.79. The quantitative estimate of drug-likeness (QED) is 0.473. The molecule has 0 spiro atoms. The Balaban J connectivity index is 3.10. The van der Waals surface area contributed by atoms with Crippen LogP contribution in [0.25, 0.3) is 0 Å². The molecule has 1 aromatic carbocycles. The predicted octanol–water partition coefficient (Wildman–Crippen LogP) is 3.64. The molecule has 106 valence electrons. The van der Waals surface area contributed by atoms with Crippen molar-refractivity contribution in [3.05, 3.63) is 29.8 Å². The van der Waals surface area contributed by atoms with E-state index in [0.717, 1.165) is 0 Å².